The number of piperidine rings is 1. The van der Waals surface area contributed by atoms with Crippen molar-refractivity contribution in [1.82, 2.24) is 20.0 Å². The predicted octanol–water partition coefficient (Wildman–Crippen LogP) is -0.314. The van der Waals surface area contributed by atoms with Crippen molar-refractivity contribution >= 4 is 10.0 Å². The van der Waals surface area contributed by atoms with E-state index in [1.807, 2.05) is 0 Å². The normalized spacial score (nSPS) is 26.8. The molecule has 1 aromatic heterocycles. The minimum absolute atomic E-state index is 0.0537. The Bertz CT molecular complexity index is 428. The molecule has 6 nitrogen and oxygen atoms in total. The molecule has 0 aromatic carbocycles. The van der Waals surface area contributed by atoms with E-state index in [0.717, 1.165) is 13.0 Å². The van der Waals surface area contributed by atoms with Crippen LogP contribution in [0.15, 0.2) is 17.6 Å². The third-order valence-corrected chi connectivity index (χ3v) is 4.31. The zero-order chi connectivity index (χ0) is 11.6. The molecule has 0 aliphatic carbocycles. The van der Waals surface area contributed by atoms with Gasteiger partial charge in [-0.3, -0.25) is 0 Å². The molecular formula is C9H16N4O2S. The van der Waals surface area contributed by atoms with E-state index in [0.29, 0.717) is 12.5 Å². The number of hydrogen-bond acceptors (Lipinski definition) is 4. The first-order valence-corrected chi connectivity index (χ1v) is 6.79. The molecule has 0 amide bonds. The SMILES string of the molecule is CC1CCNCC1NS(=O)(=O)c1cnc[nH]1. The van der Waals surface area contributed by atoms with Crippen molar-refractivity contribution in [3.63, 3.8) is 0 Å². The average molecular weight is 244 g/mol. The number of aromatic nitrogens is 2. The number of nitrogens with one attached hydrogen (secondary N) is 3. The van der Waals surface area contributed by atoms with Crippen molar-refractivity contribution in [2.75, 3.05) is 13.1 Å². The third-order valence-electron chi connectivity index (χ3n) is 2.90. The van der Waals surface area contributed by atoms with Crippen molar-refractivity contribution in [2.24, 2.45) is 5.92 Å². The van der Waals surface area contributed by atoms with Gasteiger partial charge in [-0.2, -0.15) is 0 Å². The van der Waals surface area contributed by atoms with Gasteiger partial charge < -0.3 is 10.3 Å². The fraction of sp³-hybridized carbons (Fsp3) is 0.667. The van der Waals surface area contributed by atoms with Gasteiger partial charge >= 0.3 is 0 Å². The molecular weight excluding hydrogens is 228 g/mol. The van der Waals surface area contributed by atoms with Crippen molar-refractivity contribution < 1.29 is 8.42 Å². The summed E-state index contributed by atoms with van der Waals surface area (Å²) in [5.41, 5.74) is 0. The van der Waals surface area contributed by atoms with Crippen LogP contribution in [0.4, 0.5) is 0 Å². The van der Waals surface area contributed by atoms with Crippen LogP contribution in [0.3, 0.4) is 0 Å². The predicted molar refractivity (Wildman–Crippen MR) is 59.3 cm³/mol. The molecule has 16 heavy (non-hydrogen) atoms. The number of aromatic amines is 1. The molecule has 2 atom stereocenters. The van der Waals surface area contributed by atoms with Crippen molar-refractivity contribution in [3.05, 3.63) is 12.5 Å². The van der Waals surface area contributed by atoms with Crippen LogP contribution >= 0.6 is 0 Å². The average Bonchev–Trinajstić information content (AvgIpc) is 2.75. The molecule has 0 spiro atoms. The standard InChI is InChI=1S/C9H16N4O2S/c1-7-2-3-10-4-8(7)13-16(14,15)9-5-11-6-12-9/h5-8,10,13H,2-4H2,1H3,(H,11,12). The highest BCUT2D eigenvalue weighted by molar-refractivity contribution is 7.89. The van der Waals surface area contributed by atoms with Crippen molar-refractivity contribution in [2.45, 2.75) is 24.4 Å². The topological polar surface area (TPSA) is 86.9 Å². The van der Waals surface area contributed by atoms with E-state index in [9.17, 15) is 8.42 Å². The zero-order valence-corrected chi connectivity index (χ0v) is 9.92. The van der Waals surface area contributed by atoms with Gasteiger partial charge in [-0.15, -0.1) is 0 Å². The maximum Gasteiger partial charge on any atom is 0.257 e. The second-order valence-electron chi connectivity index (χ2n) is 4.11. The summed E-state index contributed by atoms with van der Waals surface area (Å²) in [6, 6.07) is -0.0537. The first-order chi connectivity index (χ1) is 7.59. The number of rotatable bonds is 3. The van der Waals surface area contributed by atoms with E-state index in [-0.39, 0.29) is 11.1 Å². The molecule has 1 aromatic rings. The summed E-state index contributed by atoms with van der Waals surface area (Å²) in [5, 5.41) is 3.30. The highest BCUT2D eigenvalue weighted by Gasteiger charge is 2.27. The van der Waals surface area contributed by atoms with Crippen LogP contribution in [-0.4, -0.2) is 37.5 Å². The summed E-state index contributed by atoms with van der Waals surface area (Å²) >= 11 is 0. The molecule has 1 fully saturated rings. The van der Waals surface area contributed by atoms with Crippen LogP contribution in [0.25, 0.3) is 0 Å². The third kappa shape index (κ3) is 2.42. The van der Waals surface area contributed by atoms with Gasteiger partial charge in [0.05, 0.1) is 12.5 Å². The van der Waals surface area contributed by atoms with E-state index in [2.05, 4.69) is 26.9 Å². The van der Waals surface area contributed by atoms with E-state index >= 15 is 0 Å². The van der Waals surface area contributed by atoms with Gasteiger partial charge in [-0.1, -0.05) is 6.92 Å². The molecule has 0 bridgehead atoms. The van der Waals surface area contributed by atoms with Crippen molar-refractivity contribution in [1.29, 1.82) is 0 Å². The van der Waals surface area contributed by atoms with Gasteiger partial charge in [0, 0.05) is 12.6 Å². The van der Waals surface area contributed by atoms with Gasteiger partial charge in [0.15, 0.2) is 5.03 Å². The summed E-state index contributed by atoms with van der Waals surface area (Å²) in [7, 11) is -3.46. The molecule has 1 saturated heterocycles. The van der Waals surface area contributed by atoms with Gasteiger partial charge in [0.1, 0.15) is 0 Å². The summed E-state index contributed by atoms with van der Waals surface area (Å²) in [6.07, 6.45) is 3.65. The van der Waals surface area contributed by atoms with E-state index < -0.39 is 10.0 Å². The summed E-state index contributed by atoms with van der Waals surface area (Å²) in [6.45, 7) is 3.68. The second-order valence-corrected chi connectivity index (χ2v) is 5.80. The lowest BCUT2D eigenvalue weighted by molar-refractivity contribution is 0.327. The number of H-pyrrole nitrogens is 1. The first-order valence-electron chi connectivity index (χ1n) is 5.31. The van der Waals surface area contributed by atoms with E-state index in [1.54, 1.807) is 0 Å². The lowest BCUT2D eigenvalue weighted by atomic mass is 9.96. The zero-order valence-electron chi connectivity index (χ0n) is 9.10. The molecule has 0 saturated carbocycles. The molecule has 7 heteroatoms. The number of imidazole rings is 1. The first kappa shape index (κ1) is 11.6. The Morgan fingerprint density at radius 2 is 2.38 bits per heavy atom. The fourth-order valence-corrected chi connectivity index (χ4v) is 3.05. The Kier molecular flexibility index (Phi) is 3.27. The number of hydrogen-bond donors (Lipinski definition) is 3. The fourth-order valence-electron chi connectivity index (χ4n) is 1.80. The maximum atomic E-state index is 11.9. The maximum absolute atomic E-state index is 11.9. The molecule has 1 aliphatic heterocycles. The minimum Gasteiger partial charge on any atom is -0.335 e. The van der Waals surface area contributed by atoms with Crippen LogP contribution < -0.4 is 10.0 Å². The molecule has 3 N–H and O–H groups in total. The highest BCUT2D eigenvalue weighted by atomic mass is 32.2. The monoisotopic (exact) mass is 244 g/mol. The van der Waals surface area contributed by atoms with Crippen molar-refractivity contribution in [3.8, 4) is 0 Å². The lowest BCUT2D eigenvalue weighted by Crippen LogP contribution is -2.50. The smallest absolute Gasteiger partial charge is 0.257 e. The number of nitrogens with zero attached hydrogens (tertiary/aromatic N) is 1. The van der Waals surface area contributed by atoms with Crippen LogP contribution in [0.2, 0.25) is 0 Å². The Hall–Kier alpha value is -0.920. The lowest BCUT2D eigenvalue weighted by Gasteiger charge is -2.29. The van der Waals surface area contributed by atoms with Crippen LogP contribution in [0.1, 0.15) is 13.3 Å². The van der Waals surface area contributed by atoms with E-state index in [1.165, 1.54) is 12.5 Å². The van der Waals surface area contributed by atoms with Gasteiger partial charge in [0.25, 0.3) is 10.0 Å². The molecule has 90 valence electrons. The summed E-state index contributed by atoms with van der Waals surface area (Å²) < 4.78 is 26.5. The van der Waals surface area contributed by atoms with Gasteiger partial charge in [-0.25, -0.2) is 18.1 Å². The Morgan fingerprint density at radius 1 is 1.56 bits per heavy atom. The Labute approximate surface area is 94.9 Å². The summed E-state index contributed by atoms with van der Waals surface area (Å²) in [5.74, 6) is 0.346. The largest absolute Gasteiger partial charge is 0.335 e. The van der Waals surface area contributed by atoms with E-state index in [4.69, 9.17) is 0 Å². The van der Waals surface area contributed by atoms with Crippen LogP contribution in [0.5, 0.6) is 0 Å². The van der Waals surface area contributed by atoms with Gasteiger partial charge in [-0.05, 0) is 18.9 Å². The second kappa shape index (κ2) is 4.52. The molecule has 2 rings (SSSR count). The molecule has 0 radical (unpaired) electrons. The molecule has 1 aliphatic rings. The van der Waals surface area contributed by atoms with Crippen LogP contribution in [0, 0.1) is 5.92 Å². The quantitative estimate of drug-likeness (QED) is 0.680. The Balaban J connectivity index is 2.09. The minimum atomic E-state index is -3.46. The summed E-state index contributed by atoms with van der Waals surface area (Å²) in [4.78, 5) is 6.31. The van der Waals surface area contributed by atoms with Gasteiger partial charge in [0.2, 0.25) is 0 Å². The highest BCUT2D eigenvalue weighted by Crippen LogP contribution is 2.14. The Morgan fingerprint density at radius 3 is 3.00 bits per heavy atom. The number of sulfonamides is 1. The molecule has 2 unspecified atom stereocenters. The van der Waals surface area contributed by atoms with Crippen LogP contribution in [-0.2, 0) is 10.0 Å². The molecule has 2 heterocycles.